The number of hydrogen-bond acceptors (Lipinski definition) is 3. The van der Waals surface area contributed by atoms with Gasteiger partial charge in [-0.2, -0.15) is 0 Å². The van der Waals surface area contributed by atoms with Crippen molar-refractivity contribution in [1.82, 2.24) is 9.80 Å². The fourth-order valence-corrected chi connectivity index (χ4v) is 2.53. The third kappa shape index (κ3) is 5.04. The molecular formula is C13H26N2O2. The molecule has 0 aliphatic heterocycles. The highest BCUT2D eigenvalue weighted by Gasteiger charge is 2.21. The van der Waals surface area contributed by atoms with E-state index in [1.807, 2.05) is 0 Å². The van der Waals surface area contributed by atoms with Crippen LogP contribution >= 0.6 is 0 Å². The first-order valence-electron chi connectivity index (χ1n) is 6.70. The van der Waals surface area contributed by atoms with Crippen LogP contribution in [0.4, 0.5) is 0 Å². The van der Waals surface area contributed by atoms with Crippen molar-refractivity contribution in [1.29, 1.82) is 0 Å². The van der Waals surface area contributed by atoms with Crippen molar-refractivity contribution in [2.45, 2.75) is 44.6 Å². The number of carbonyl (C=O) groups excluding carboxylic acids is 1. The lowest BCUT2D eigenvalue weighted by Crippen LogP contribution is -2.37. The molecule has 100 valence electrons. The van der Waals surface area contributed by atoms with Crippen LogP contribution in [-0.2, 0) is 4.79 Å². The van der Waals surface area contributed by atoms with Crippen molar-refractivity contribution in [3.8, 4) is 0 Å². The van der Waals surface area contributed by atoms with E-state index in [2.05, 4.69) is 4.90 Å². The first-order valence-corrected chi connectivity index (χ1v) is 6.70. The number of carbonyl (C=O) groups is 1. The third-order valence-electron chi connectivity index (χ3n) is 3.56. The van der Waals surface area contributed by atoms with Gasteiger partial charge in [-0.05, 0) is 25.8 Å². The van der Waals surface area contributed by atoms with Gasteiger partial charge in [-0.1, -0.05) is 12.8 Å². The van der Waals surface area contributed by atoms with Crippen LogP contribution in [0.1, 0.15) is 38.5 Å². The van der Waals surface area contributed by atoms with Gasteiger partial charge >= 0.3 is 0 Å². The minimum absolute atomic E-state index is 0.195. The zero-order valence-corrected chi connectivity index (χ0v) is 11.2. The lowest BCUT2D eigenvalue weighted by atomic mass is 10.2. The maximum Gasteiger partial charge on any atom is 0.222 e. The minimum atomic E-state index is 0.195. The smallest absolute Gasteiger partial charge is 0.222 e. The van der Waals surface area contributed by atoms with Gasteiger partial charge in [-0.3, -0.25) is 9.69 Å². The first-order chi connectivity index (χ1) is 8.15. The van der Waals surface area contributed by atoms with E-state index in [1.54, 1.807) is 19.0 Å². The second-order valence-corrected chi connectivity index (χ2v) is 5.09. The summed E-state index contributed by atoms with van der Waals surface area (Å²) < 4.78 is 0. The van der Waals surface area contributed by atoms with Gasteiger partial charge in [0, 0.05) is 33.1 Å². The van der Waals surface area contributed by atoms with Gasteiger partial charge in [0.05, 0.1) is 6.61 Å². The summed E-state index contributed by atoms with van der Waals surface area (Å²) >= 11 is 0. The zero-order chi connectivity index (χ0) is 12.7. The van der Waals surface area contributed by atoms with Crippen molar-refractivity contribution in [3.05, 3.63) is 0 Å². The predicted octanol–water partition coefficient (Wildman–Crippen LogP) is 1.09. The van der Waals surface area contributed by atoms with Gasteiger partial charge in [-0.15, -0.1) is 0 Å². The Morgan fingerprint density at radius 3 is 2.41 bits per heavy atom. The molecule has 0 aromatic heterocycles. The van der Waals surface area contributed by atoms with Gasteiger partial charge in [0.15, 0.2) is 0 Å². The van der Waals surface area contributed by atoms with Gasteiger partial charge < -0.3 is 10.0 Å². The van der Waals surface area contributed by atoms with E-state index >= 15 is 0 Å². The average molecular weight is 242 g/mol. The van der Waals surface area contributed by atoms with E-state index in [1.165, 1.54) is 25.7 Å². The summed E-state index contributed by atoms with van der Waals surface area (Å²) in [4.78, 5) is 15.5. The highest BCUT2D eigenvalue weighted by molar-refractivity contribution is 5.75. The van der Waals surface area contributed by atoms with Crippen LogP contribution in [0.15, 0.2) is 0 Å². The molecule has 4 heteroatoms. The van der Waals surface area contributed by atoms with Crippen LogP contribution in [-0.4, -0.2) is 60.6 Å². The van der Waals surface area contributed by atoms with Crippen LogP contribution in [0.5, 0.6) is 0 Å². The molecule has 0 unspecified atom stereocenters. The van der Waals surface area contributed by atoms with Crippen LogP contribution in [0.25, 0.3) is 0 Å². The van der Waals surface area contributed by atoms with E-state index in [0.717, 1.165) is 19.5 Å². The molecule has 0 bridgehead atoms. The van der Waals surface area contributed by atoms with Crippen LogP contribution < -0.4 is 0 Å². The molecule has 1 aliphatic rings. The first kappa shape index (κ1) is 14.5. The molecule has 0 heterocycles. The summed E-state index contributed by atoms with van der Waals surface area (Å²) in [5, 5.41) is 9.08. The fraction of sp³-hybridized carbons (Fsp3) is 0.923. The largest absolute Gasteiger partial charge is 0.395 e. The second kappa shape index (κ2) is 7.67. The van der Waals surface area contributed by atoms with Crippen LogP contribution in [0.3, 0.4) is 0 Å². The molecule has 4 nitrogen and oxygen atoms in total. The minimum Gasteiger partial charge on any atom is -0.395 e. The molecular weight excluding hydrogens is 216 g/mol. The molecule has 1 fully saturated rings. The second-order valence-electron chi connectivity index (χ2n) is 5.09. The Morgan fingerprint density at radius 1 is 1.24 bits per heavy atom. The number of aliphatic hydroxyl groups is 1. The maximum absolute atomic E-state index is 11.5. The Balaban J connectivity index is 2.26. The number of nitrogens with zero attached hydrogens (tertiary/aromatic N) is 2. The van der Waals surface area contributed by atoms with E-state index in [4.69, 9.17) is 5.11 Å². The van der Waals surface area contributed by atoms with Gasteiger partial charge in [0.2, 0.25) is 5.91 Å². The van der Waals surface area contributed by atoms with E-state index in [9.17, 15) is 4.79 Å². The Morgan fingerprint density at radius 2 is 1.88 bits per heavy atom. The summed E-state index contributed by atoms with van der Waals surface area (Å²) in [5.41, 5.74) is 0. The SMILES string of the molecule is CN(C)C(=O)CCCN(CCO)C1CCCC1. The highest BCUT2D eigenvalue weighted by atomic mass is 16.3. The third-order valence-corrected chi connectivity index (χ3v) is 3.56. The molecule has 0 spiro atoms. The molecule has 1 rings (SSSR count). The molecule has 0 atom stereocenters. The van der Waals surface area contributed by atoms with E-state index in [-0.39, 0.29) is 12.5 Å². The zero-order valence-electron chi connectivity index (χ0n) is 11.2. The number of amides is 1. The molecule has 0 aromatic carbocycles. The Kier molecular flexibility index (Phi) is 6.52. The highest BCUT2D eigenvalue weighted by Crippen LogP contribution is 2.23. The average Bonchev–Trinajstić information content (AvgIpc) is 2.80. The molecule has 1 aliphatic carbocycles. The quantitative estimate of drug-likeness (QED) is 0.727. The summed E-state index contributed by atoms with van der Waals surface area (Å²) in [6.07, 6.45) is 6.63. The van der Waals surface area contributed by atoms with Crippen molar-refractivity contribution in [2.75, 3.05) is 33.8 Å². The van der Waals surface area contributed by atoms with Gasteiger partial charge in [0.1, 0.15) is 0 Å². The van der Waals surface area contributed by atoms with Crippen molar-refractivity contribution in [2.24, 2.45) is 0 Å². The Labute approximate surface area is 105 Å². The normalized spacial score (nSPS) is 16.7. The molecule has 0 saturated heterocycles. The summed E-state index contributed by atoms with van der Waals surface area (Å²) in [6.45, 7) is 1.91. The van der Waals surface area contributed by atoms with E-state index in [0.29, 0.717) is 12.5 Å². The molecule has 17 heavy (non-hydrogen) atoms. The standard InChI is InChI=1S/C13H26N2O2/c1-14(2)13(17)8-5-9-15(10-11-16)12-6-3-4-7-12/h12,16H,3-11H2,1-2H3. The monoisotopic (exact) mass is 242 g/mol. The number of aliphatic hydroxyl groups excluding tert-OH is 1. The number of rotatable bonds is 7. The fourth-order valence-electron chi connectivity index (χ4n) is 2.53. The van der Waals surface area contributed by atoms with Gasteiger partial charge in [-0.25, -0.2) is 0 Å². The maximum atomic E-state index is 11.5. The van der Waals surface area contributed by atoms with Crippen molar-refractivity contribution >= 4 is 5.91 Å². The van der Waals surface area contributed by atoms with Crippen LogP contribution in [0.2, 0.25) is 0 Å². The van der Waals surface area contributed by atoms with Crippen molar-refractivity contribution < 1.29 is 9.90 Å². The predicted molar refractivity (Wildman–Crippen MR) is 68.8 cm³/mol. The summed E-state index contributed by atoms with van der Waals surface area (Å²) in [6, 6.07) is 0.636. The molecule has 0 radical (unpaired) electrons. The van der Waals surface area contributed by atoms with E-state index < -0.39 is 0 Å². The Bertz CT molecular complexity index is 225. The molecule has 1 amide bonds. The Hall–Kier alpha value is -0.610. The van der Waals surface area contributed by atoms with Crippen molar-refractivity contribution in [3.63, 3.8) is 0 Å². The lowest BCUT2D eigenvalue weighted by Gasteiger charge is -2.28. The summed E-state index contributed by atoms with van der Waals surface area (Å²) in [7, 11) is 3.59. The number of hydrogen-bond donors (Lipinski definition) is 1. The summed E-state index contributed by atoms with van der Waals surface area (Å²) in [5.74, 6) is 0.195. The molecule has 0 aromatic rings. The van der Waals surface area contributed by atoms with Gasteiger partial charge in [0.25, 0.3) is 0 Å². The molecule has 1 saturated carbocycles. The lowest BCUT2D eigenvalue weighted by molar-refractivity contribution is -0.128. The molecule has 1 N–H and O–H groups in total. The topological polar surface area (TPSA) is 43.8 Å². The van der Waals surface area contributed by atoms with Crippen LogP contribution in [0, 0.1) is 0 Å².